The Morgan fingerprint density at radius 3 is 2.83 bits per heavy atom. The molecule has 1 aromatic rings. The van der Waals surface area contributed by atoms with E-state index in [0.717, 1.165) is 38.5 Å². The van der Waals surface area contributed by atoms with Gasteiger partial charge in [-0.25, -0.2) is 4.79 Å². The Balaban J connectivity index is 1.93. The highest BCUT2D eigenvalue weighted by atomic mass is 16.4. The number of carboxylic acid groups (broad SMARTS) is 1. The van der Waals surface area contributed by atoms with Gasteiger partial charge in [-0.1, -0.05) is 19.9 Å². The van der Waals surface area contributed by atoms with Crippen molar-refractivity contribution in [3.8, 4) is 0 Å². The van der Waals surface area contributed by atoms with Crippen LogP contribution in [0.25, 0.3) is 0 Å². The third-order valence-corrected chi connectivity index (χ3v) is 7.00. The van der Waals surface area contributed by atoms with Crippen LogP contribution < -0.4 is 0 Å². The van der Waals surface area contributed by atoms with Gasteiger partial charge in [0.1, 0.15) is 0 Å². The molecule has 2 aliphatic rings. The summed E-state index contributed by atoms with van der Waals surface area (Å²) in [6.07, 6.45) is 10.8. The monoisotopic (exact) mass is 332 g/mol. The zero-order valence-electron chi connectivity index (χ0n) is 14.6. The van der Waals surface area contributed by atoms with Crippen LogP contribution in [0.5, 0.6) is 0 Å². The summed E-state index contributed by atoms with van der Waals surface area (Å²) in [6, 6.07) is 2.00. The number of hydrogen-bond donors (Lipinski definition) is 2. The second kappa shape index (κ2) is 6.40. The lowest BCUT2D eigenvalue weighted by molar-refractivity contribution is -0.139. The van der Waals surface area contributed by atoms with Crippen LogP contribution in [0.1, 0.15) is 51.5 Å². The van der Waals surface area contributed by atoms with Crippen molar-refractivity contribution < 1.29 is 19.4 Å². The molecule has 1 saturated carbocycles. The van der Waals surface area contributed by atoms with E-state index in [0.29, 0.717) is 11.5 Å². The highest BCUT2D eigenvalue weighted by molar-refractivity contribution is 5.88. The van der Waals surface area contributed by atoms with E-state index >= 15 is 0 Å². The molecule has 0 saturated heterocycles. The molecule has 4 nitrogen and oxygen atoms in total. The molecule has 0 aromatic carbocycles. The smallest absolute Gasteiger partial charge is 0.331 e. The van der Waals surface area contributed by atoms with Crippen LogP contribution in [0, 0.1) is 22.7 Å². The van der Waals surface area contributed by atoms with E-state index in [2.05, 4.69) is 13.8 Å². The maximum atomic E-state index is 11.8. The minimum atomic E-state index is -0.861. The Hall–Kier alpha value is -1.55. The van der Waals surface area contributed by atoms with Gasteiger partial charge in [-0.2, -0.15) is 0 Å². The molecule has 0 spiro atoms. The first-order chi connectivity index (χ1) is 11.4. The summed E-state index contributed by atoms with van der Waals surface area (Å²) >= 11 is 0. The number of aliphatic hydroxyl groups excluding tert-OH is 1. The zero-order chi connectivity index (χ0) is 17.4. The third kappa shape index (κ3) is 2.61. The second-order valence-electron chi connectivity index (χ2n) is 7.94. The molecule has 2 aliphatic carbocycles. The first-order valence-electron chi connectivity index (χ1n) is 9.00. The Labute approximate surface area is 143 Å². The Kier molecular flexibility index (Phi) is 4.60. The number of aliphatic carboxylic acids is 1. The second-order valence-corrected chi connectivity index (χ2v) is 7.94. The fourth-order valence-corrected chi connectivity index (χ4v) is 5.32. The molecular weight excluding hydrogens is 304 g/mol. The van der Waals surface area contributed by atoms with Gasteiger partial charge in [-0.15, -0.1) is 0 Å². The molecule has 24 heavy (non-hydrogen) atoms. The predicted molar refractivity (Wildman–Crippen MR) is 91.5 cm³/mol. The van der Waals surface area contributed by atoms with Crippen molar-refractivity contribution in [1.29, 1.82) is 0 Å². The van der Waals surface area contributed by atoms with E-state index < -0.39 is 11.4 Å². The van der Waals surface area contributed by atoms with Gasteiger partial charge in [0.25, 0.3) is 0 Å². The van der Waals surface area contributed by atoms with Crippen molar-refractivity contribution in [1.82, 2.24) is 0 Å². The molecule has 0 aliphatic heterocycles. The summed E-state index contributed by atoms with van der Waals surface area (Å²) in [5.41, 5.74) is 1.07. The van der Waals surface area contributed by atoms with Gasteiger partial charge in [0.05, 0.1) is 19.1 Å². The van der Waals surface area contributed by atoms with Gasteiger partial charge in [0, 0.05) is 11.0 Å². The van der Waals surface area contributed by atoms with Crippen LogP contribution in [-0.2, 0) is 11.2 Å². The van der Waals surface area contributed by atoms with E-state index in [4.69, 9.17) is 4.42 Å². The Bertz CT molecular complexity index is 618. The molecule has 0 amide bonds. The van der Waals surface area contributed by atoms with Crippen LogP contribution >= 0.6 is 0 Å². The minimum Gasteiger partial charge on any atom is -0.478 e. The van der Waals surface area contributed by atoms with Gasteiger partial charge >= 0.3 is 5.97 Å². The van der Waals surface area contributed by atoms with E-state index in [1.54, 1.807) is 12.5 Å². The van der Waals surface area contributed by atoms with Gasteiger partial charge in [-0.3, -0.25) is 0 Å². The number of carboxylic acids is 1. The van der Waals surface area contributed by atoms with Crippen molar-refractivity contribution in [2.75, 3.05) is 6.61 Å². The molecule has 1 heterocycles. The van der Waals surface area contributed by atoms with Crippen LogP contribution in [0.2, 0.25) is 0 Å². The summed E-state index contributed by atoms with van der Waals surface area (Å²) in [5, 5.41) is 19.9. The average molecular weight is 332 g/mol. The van der Waals surface area contributed by atoms with Crippen LogP contribution in [0.15, 0.2) is 34.7 Å². The van der Waals surface area contributed by atoms with Crippen LogP contribution in [0.3, 0.4) is 0 Å². The average Bonchev–Trinajstić information content (AvgIpc) is 3.09. The Morgan fingerprint density at radius 1 is 1.42 bits per heavy atom. The minimum absolute atomic E-state index is 0.0210. The number of rotatable bonds is 5. The summed E-state index contributed by atoms with van der Waals surface area (Å²) in [7, 11) is 0. The van der Waals surface area contributed by atoms with Crippen molar-refractivity contribution in [3.63, 3.8) is 0 Å². The lowest BCUT2D eigenvalue weighted by Gasteiger charge is -2.58. The zero-order valence-corrected chi connectivity index (χ0v) is 14.6. The standard InChI is InChI=1S/C20H28O4/c1-14-6-10-20(13-21)16(18(22)23)4-3-5-17(20)19(14,2)9-7-15-8-11-24-12-15/h4,8,11-12,14,17,21H,3,5-7,9-10,13H2,1-2H3,(H,22,23)/t14?,17?,19-,20-/m0/s1. The molecule has 1 aromatic heterocycles. The summed E-state index contributed by atoms with van der Waals surface area (Å²) in [4.78, 5) is 11.8. The number of fused-ring (bicyclic) bond motifs is 1. The topological polar surface area (TPSA) is 70.7 Å². The number of aryl methyl sites for hydroxylation is 1. The highest BCUT2D eigenvalue weighted by Gasteiger charge is 2.57. The number of allylic oxidation sites excluding steroid dienone is 1. The number of aliphatic hydroxyl groups is 1. The molecule has 132 valence electrons. The number of furan rings is 1. The molecule has 3 rings (SSSR count). The first-order valence-corrected chi connectivity index (χ1v) is 9.00. The summed E-state index contributed by atoms with van der Waals surface area (Å²) in [5.74, 6) is -0.135. The van der Waals surface area contributed by atoms with Crippen LogP contribution in [0.4, 0.5) is 0 Å². The molecule has 2 N–H and O–H groups in total. The largest absolute Gasteiger partial charge is 0.478 e. The number of hydrogen-bond acceptors (Lipinski definition) is 3. The Morgan fingerprint density at radius 2 is 2.21 bits per heavy atom. The van der Waals surface area contributed by atoms with Gasteiger partial charge in [0.2, 0.25) is 0 Å². The maximum absolute atomic E-state index is 11.8. The molecule has 0 bridgehead atoms. The van der Waals surface area contributed by atoms with E-state index in [9.17, 15) is 15.0 Å². The quantitative estimate of drug-likeness (QED) is 0.853. The van der Waals surface area contributed by atoms with Crippen molar-refractivity contribution in [2.24, 2.45) is 22.7 Å². The van der Waals surface area contributed by atoms with Crippen LogP contribution in [-0.4, -0.2) is 22.8 Å². The van der Waals surface area contributed by atoms with E-state index in [-0.39, 0.29) is 17.9 Å². The SMILES string of the molecule is CC1CC[C@]2(CO)C(C(=O)O)=CCCC2[C@@]1(C)CCc1ccoc1. The fourth-order valence-electron chi connectivity index (χ4n) is 5.32. The fraction of sp³-hybridized carbons (Fsp3) is 0.650. The van der Waals surface area contributed by atoms with E-state index in [1.807, 2.05) is 12.1 Å². The molecule has 2 unspecified atom stereocenters. The van der Waals surface area contributed by atoms with Crippen molar-refractivity contribution in [3.05, 3.63) is 35.8 Å². The summed E-state index contributed by atoms with van der Waals surface area (Å²) < 4.78 is 5.18. The molecule has 1 fully saturated rings. The molecule has 0 radical (unpaired) electrons. The number of carbonyl (C=O) groups is 1. The van der Waals surface area contributed by atoms with Crippen molar-refractivity contribution in [2.45, 2.75) is 52.4 Å². The van der Waals surface area contributed by atoms with E-state index in [1.165, 1.54) is 5.56 Å². The molecular formula is C20H28O4. The molecule has 4 heteroatoms. The lowest BCUT2D eigenvalue weighted by atomic mass is 9.46. The predicted octanol–water partition coefficient (Wildman–Crippen LogP) is 4.05. The van der Waals surface area contributed by atoms with Gasteiger partial charge in [0.15, 0.2) is 0 Å². The van der Waals surface area contributed by atoms with Gasteiger partial charge < -0.3 is 14.6 Å². The van der Waals surface area contributed by atoms with Gasteiger partial charge in [-0.05, 0) is 67.4 Å². The molecule has 4 atom stereocenters. The highest BCUT2D eigenvalue weighted by Crippen LogP contribution is 2.61. The normalized spacial score (nSPS) is 36.0. The third-order valence-electron chi connectivity index (χ3n) is 7.00. The maximum Gasteiger partial charge on any atom is 0.331 e. The first kappa shape index (κ1) is 17.3. The summed E-state index contributed by atoms with van der Waals surface area (Å²) in [6.45, 7) is 4.52. The lowest BCUT2D eigenvalue weighted by Crippen LogP contribution is -2.54. The van der Waals surface area contributed by atoms with Crippen molar-refractivity contribution >= 4 is 5.97 Å².